The summed E-state index contributed by atoms with van der Waals surface area (Å²) in [7, 11) is 0. The Morgan fingerprint density at radius 2 is 1.91 bits per heavy atom. The Kier molecular flexibility index (Phi) is 6.44. The highest BCUT2D eigenvalue weighted by Crippen LogP contribution is 2.16. The van der Waals surface area contributed by atoms with Crippen LogP contribution in [0.25, 0.3) is 0 Å². The normalized spacial score (nSPS) is 14.1. The lowest BCUT2D eigenvalue weighted by molar-refractivity contribution is -0.116. The molecule has 0 aromatic heterocycles. The predicted octanol–water partition coefficient (Wildman–Crippen LogP) is 3.83. The quantitative estimate of drug-likeness (QED) is 0.778. The first kappa shape index (κ1) is 16.5. The summed E-state index contributed by atoms with van der Waals surface area (Å²) in [6.45, 7) is 3.84. The molecule has 1 aliphatic rings. The molecular formula is C18H26N2O2. The Bertz CT molecular complexity index is 508. The van der Waals surface area contributed by atoms with E-state index in [1.807, 2.05) is 23.1 Å². The van der Waals surface area contributed by atoms with Gasteiger partial charge >= 0.3 is 0 Å². The number of benzene rings is 1. The van der Waals surface area contributed by atoms with Crippen molar-refractivity contribution in [3.8, 4) is 0 Å². The van der Waals surface area contributed by atoms with E-state index in [4.69, 9.17) is 0 Å². The molecule has 1 aromatic rings. The zero-order chi connectivity index (χ0) is 15.8. The number of nitrogens with one attached hydrogen (secondary N) is 1. The van der Waals surface area contributed by atoms with Gasteiger partial charge in [0.25, 0.3) is 5.91 Å². The molecule has 1 fully saturated rings. The molecule has 0 unspecified atom stereocenters. The molecule has 0 atom stereocenters. The molecule has 1 heterocycles. The zero-order valence-electron chi connectivity index (χ0n) is 13.4. The molecule has 1 N–H and O–H groups in total. The Balaban J connectivity index is 1.88. The van der Waals surface area contributed by atoms with Gasteiger partial charge in [-0.3, -0.25) is 9.59 Å². The van der Waals surface area contributed by atoms with E-state index in [1.165, 1.54) is 12.8 Å². The molecule has 1 aromatic carbocycles. The van der Waals surface area contributed by atoms with Gasteiger partial charge in [0.05, 0.1) is 0 Å². The summed E-state index contributed by atoms with van der Waals surface area (Å²) in [6.07, 6.45) is 7.07. The minimum absolute atomic E-state index is 0.0295. The fourth-order valence-electron chi connectivity index (χ4n) is 2.77. The van der Waals surface area contributed by atoms with Crippen LogP contribution in [0, 0.1) is 0 Å². The smallest absolute Gasteiger partial charge is 0.253 e. The van der Waals surface area contributed by atoms with Crippen molar-refractivity contribution in [2.45, 2.75) is 51.9 Å². The van der Waals surface area contributed by atoms with Gasteiger partial charge in [-0.25, -0.2) is 0 Å². The predicted molar refractivity (Wildman–Crippen MR) is 89.0 cm³/mol. The van der Waals surface area contributed by atoms with E-state index in [0.29, 0.717) is 17.7 Å². The van der Waals surface area contributed by atoms with Gasteiger partial charge in [-0.1, -0.05) is 32.3 Å². The van der Waals surface area contributed by atoms with Crippen LogP contribution in [0.3, 0.4) is 0 Å². The fourth-order valence-corrected chi connectivity index (χ4v) is 2.77. The van der Waals surface area contributed by atoms with Crippen LogP contribution in [-0.2, 0) is 4.79 Å². The first-order valence-electron chi connectivity index (χ1n) is 8.40. The lowest BCUT2D eigenvalue weighted by Crippen LogP contribution is -2.27. The number of nitrogens with zero attached hydrogens (tertiary/aromatic N) is 1. The van der Waals surface area contributed by atoms with Crippen molar-refractivity contribution in [3.05, 3.63) is 29.8 Å². The van der Waals surface area contributed by atoms with Crippen LogP contribution in [0.1, 0.15) is 62.2 Å². The van der Waals surface area contributed by atoms with Crippen LogP contribution in [0.4, 0.5) is 5.69 Å². The topological polar surface area (TPSA) is 49.4 Å². The second kappa shape index (κ2) is 8.57. The first-order valence-corrected chi connectivity index (χ1v) is 8.40. The highest BCUT2D eigenvalue weighted by Gasteiger charge is 2.19. The molecule has 0 spiro atoms. The third kappa shape index (κ3) is 4.86. The van der Waals surface area contributed by atoms with Crippen LogP contribution in [0.15, 0.2) is 24.3 Å². The molecule has 1 aliphatic heterocycles. The average molecular weight is 302 g/mol. The Hall–Kier alpha value is -1.84. The summed E-state index contributed by atoms with van der Waals surface area (Å²) in [5, 5.41) is 2.90. The summed E-state index contributed by atoms with van der Waals surface area (Å²) in [6, 6.07) is 7.27. The third-order valence-corrected chi connectivity index (χ3v) is 4.04. The molecule has 0 saturated carbocycles. The number of amides is 2. The summed E-state index contributed by atoms with van der Waals surface area (Å²) < 4.78 is 0. The van der Waals surface area contributed by atoms with Gasteiger partial charge in [-0.15, -0.1) is 0 Å². The van der Waals surface area contributed by atoms with Crippen molar-refractivity contribution in [2.24, 2.45) is 0 Å². The van der Waals surface area contributed by atoms with Crippen molar-refractivity contribution in [1.82, 2.24) is 4.90 Å². The van der Waals surface area contributed by atoms with Crippen molar-refractivity contribution >= 4 is 17.5 Å². The maximum absolute atomic E-state index is 12.3. The van der Waals surface area contributed by atoms with E-state index in [2.05, 4.69) is 12.2 Å². The molecule has 120 valence electrons. The van der Waals surface area contributed by atoms with Gasteiger partial charge in [0.1, 0.15) is 0 Å². The van der Waals surface area contributed by atoms with Gasteiger partial charge in [0.2, 0.25) is 5.91 Å². The SMILES string of the molecule is CCCCCCC(=O)Nc1cccc(C(=O)N2CCCC2)c1. The largest absolute Gasteiger partial charge is 0.339 e. The molecule has 4 nitrogen and oxygen atoms in total. The lowest BCUT2D eigenvalue weighted by Gasteiger charge is -2.15. The van der Waals surface area contributed by atoms with E-state index in [9.17, 15) is 9.59 Å². The van der Waals surface area contributed by atoms with Crippen LogP contribution >= 0.6 is 0 Å². The molecule has 1 saturated heterocycles. The number of hydrogen-bond acceptors (Lipinski definition) is 2. The van der Waals surface area contributed by atoms with Gasteiger partial charge in [-0.05, 0) is 37.5 Å². The van der Waals surface area contributed by atoms with Gasteiger partial charge in [0, 0.05) is 30.8 Å². The molecule has 22 heavy (non-hydrogen) atoms. The highest BCUT2D eigenvalue weighted by molar-refractivity contribution is 5.97. The molecular weight excluding hydrogens is 276 g/mol. The number of rotatable bonds is 7. The summed E-state index contributed by atoms with van der Waals surface area (Å²) in [4.78, 5) is 26.1. The minimum atomic E-state index is 0.0295. The van der Waals surface area contributed by atoms with E-state index in [0.717, 1.165) is 38.8 Å². The lowest BCUT2D eigenvalue weighted by atomic mass is 10.1. The van der Waals surface area contributed by atoms with E-state index in [1.54, 1.807) is 6.07 Å². The fraction of sp³-hybridized carbons (Fsp3) is 0.556. The van der Waals surface area contributed by atoms with Crippen molar-refractivity contribution in [3.63, 3.8) is 0 Å². The number of carbonyl (C=O) groups is 2. The van der Waals surface area contributed by atoms with Gasteiger partial charge in [-0.2, -0.15) is 0 Å². The van der Waals surface area contributed by atoms with E-state index < -0.39 is 0 Å². The van der Waals surface area contributed by atoms with Crippen LogP contribution in [-0.4, -0.2) is 29.8 Å². The third-order valence-electron chi connectivity index (χ3n) is 4.04. The Morgan fingerprint density at radius 1 is 1.14 bits per heavy atom. The van der Waals surface area contributed by atoms with Crippen LogP contribution in [0.2, 0.25) is 0 Å². The van der Waals surface area contributed by atoms with Crippen molar-refractivity contribution in [2.75, 3.05) is 18.4 Å². The monoisotopic (exact) mass is 302 g/mol. The van der Waals surface area contributed by atoms with Crippen LogP contribution < -0.4 is 5.32 Å². The molecule has 0 radical (unpaired) electrons. The number of likely N-dealkylation sites (tertiary alicyclic amines) is 1. The van der Waals surface area contributed by atoms with E-state index in [-0.39, 0.29) is 11.8 Å². The van der Waals surface area contributed by atoms with Crippen molar-refractivity contribution < 1.29 is 9.59 Å². The summed E-state index contributed by atoms with van der Waals surface area (Å²) in [5.74, 6) is 0.0958. The van der Waals surface area contributed by atoms with Crippen LogP contribution in [0.5, 0.6) is 0 Å². The van der Waals surface area contributed by atoms with Gasteiger partial charge in [0.15, 0.2) is 0 Å². The molecule has 4 heteroatoms. The number of carbonyl (C=O) groups excluding carboxylic acids is 2. The standard InChI is InChI=1S/C18H26N2O2/c1-2-3-4-5-11-17(21)19-16-10-8-9-15(14-16)18(22)20-12-6-7-13-20/h8-10,14H,2-7,11-13H2,1H3,(H,19,21). The van der Waals surface area contributed by atoms with Gasteiger partial charge < -0.3 is 10.2 Å². The number of unbranched alkanes of at least 4 members (excludes halogenated alkanes) is 3. The minimum Gasteiger partial charge on any atom is -0.339 e. The second-order valence-corrected chi connectivity index (χ2v) is 5.94. The highest BCUT2D eigenvalue weighted by atomic mass is 16.2. The molecule has 2 rings (SSSR count). The molecule has 0 bridgehead atoms. The Morgan fingerprint density at radius 3 is 2.64 bits per heavy atom. The second-order valence-electron chi connectivity index (χ2n) is 5.94. The van der Waals surface area contributed by atoms with E-state index >= 15 is 0 Å². The zero-order valence-corrected chi connectivity index (χ0v) is 13.4. The first-order chi connectivity index (χ1) is 10.7. The maximum atomic E-state index is 12.3. The number of hydrogen-bond donors (Lipinski definition) is 1. The summed E-state index contributed by atoms with van der Waals surface area (Å²) in [5.41, 5.74) is 1.37. The number of anilines is 1. The molecule has 2 amide bonds. The van der Waals surface area contributed by atoms with Crippen molar-refractivity contribution in [1.29, 1.82) is 0 Å². The molecule has 0 aliphatic carbocycles. The average Bonchev–Trinajstić information content (AvgIpc) is 3.05. The summed E-state index contributed by atoms with van der Waals surface area (Å²) >= 11 is 0. The maximum Gasteiger partial charge on any atom is 0.253 e. The Labute approximate surface area is 132 Å².